The van der Waals surface area contributed by atoms with Crippen molar-refractivity contribution >= 4 is 67.0 Å². The molecule has 6 nitrogen and oxygen atoms in total. The van der Waals surface area contributed by atoms with Gasteiger partial charge in [-0.3, -0.25) is 0 Å². The third kappa shape index (κ3) is 6.81. The first-order valence-electron chi connectivity index (χ1n) is 17.6. The summed E-state index contributed by atoms with van der Waals surface area (Å²) in [5.74, 6) is 0. The molecule has 0 atom stereocenters. The standard InChI is InChI=1S/C43H48O6Si4/c1-44-51(45-2,37-16-10-7-11-17-37)40-28-22-34(23-29-40)43(50,35-24-30-41(31-25-35)52(46-3,47-4)38-18-12-8-13-19-38)36-26-32-42(33-27-36)53(48-5,49-6)39-20-14-9-15-21-39/h7-33H,1-6,50H3. The van der Waals surface area contributed by atoms with Gasteiger partial charge in [-0.25, -0.2) is 0 Å². The van der Waals surface area contributed by atoms with Gasteiger partial charge in [-0.05, 0) is 47.8 Å². The lowest BCUT2D eigenvalue weighted by molar-refractivity contribution is 0.272. The molecule has 6 aromatic rings. The van der Waals surface area contributed by atoms with E-state index < -0.39 is 30.7 Å². The van der Waals surface area contributed by atoms with Crippen LogP contribution in [0.4, 0.5) is 0 Å². The summed E-state index contributed by atoms with van der Waals surface area (Å²) in [6.07, 6.45) is 0. The maximum atomic E-state index is 6.25. The van der Waals surface area contributed by atoms with Crippen molar-refractivity contribution in [3.8, 4) is 0 Å². The van der Waals surface area contributed by atoms with Gasteiger partial charge in [0.2, 0.25) is 0 Å². The van der Waals surface area contributed by atoms with Gasteiger partial charge < -0.3 is 26.6 Å². The maximum Gasteiger partial charge on any atom is 0.406 e. The Balaban J connectivity index is 1.49. The highest BCUT2D eigenvalue weighted by atomic mass is 28.4. The van der Waals surface area contributed by atoms with Crippen LogP contribution in [0.15, 0.2) is 164 Å². The van der Waals surface area contributed by atoms with E-state index in [9.17, 15) is 0 Å². The maximum absolute atomic E-state index is 6.25. The van der Waals surface area contributed by atoms with Crippen LogP contribution in [0.25, 0.3) is 0 Å². The number of rotatable bonds is 15. The van der Waals surface area contributed by atoms with Gasteiger partial charge in [0.1, 0.15) is 0 Å². The van der Waals surface area contributed by atoms with Crippen LogP contribution in [0.2, 0.25) is 0 Å². The van der Waals surface area contributed by atoms with Crippen molar-refractivity contribution < 1.29 is 26.6 Å². The van der Waals surface area contributed by atoms with E-state index in [1.807, 2.05) is 54.6 Å². The second kappa shape index (κ2) is 16.5. The van der Waals surface area contributed by atoms with Crippen LogP contribution < -0.4 is 31.1 Å². The smallest absolute Gasteiger partial charge is 0.391 e. The summed E-state index contributed by atoms with van der Waals surface area (Å²) >= 11 is 0. The molecule has 0 radical (unpaired) electrons. The van der Waals surface area contributed by atoms with Crippen LogP contribution >= 0.6 is 0 Å². The summed E-state index contributed by atoms with van der Waals surface area (Å²) in [7, 11) is 2.51. The second-order valence-corrected chi connectivity index (χ2v) is 24.1. The molecule has 0 spiro atoms. The Bertz CT molecular complexity index is 1800. The number of hydrogen-bond acceptors (Lipinski definition) is 6. The second-order valence-electron chi connectivity index (χ2n) is 13.0. The Labute approximate surface area is 320 Å². The molecule has 0 unspecified atom stereocenters. The molecule has 10 heteroatoms. The summed E-state index contributed by atoms with van der Waals surface area (Å²) in [6.45, 7) is 0. The molecular formula is C43H48O6Si4. The third-order valence-corrected chi connectivity index (χ3v) is 22.5. The molecule has 0 bridgehead atoms. The van der Waals surface area contributed by atoms with Gasteiger partial charge in [0.15, 0.2) is 0 Å². The Morgan fingerprint density at radius 1 is 0.302 bits per heavy atom. The zero-order chi connectivity index (χ0) is 37.5. The van der Waals surface area contributed by atoms with Gasteiger partial charge >= 0.3 is 25.7 Å². The van der Waals surface area contributed by atoms with Crippen LogP contribution in [0.1, 0.15) is 16.7 Å². The Morgan fingerprint density at radius 3 is 0.679 bits per heavy atom. The summed E-state index contributed by atoms with van der Waals surface area (Å²) < 4.78 is 37.5. The molecule has 0 aliphatic carbocycles. The normalized spacial score (nSPS) is 12.6. The lowest BCUT2D eigenvalue weighted by Gasteiger charge is -2.35. The summed E-state index contributed by atoms with van der Waals surface area (Å²) in [6, 6.07) is 57.3. The molecular weight excluding hydrogens is 725 g/mol. The van der Waals surface area contributed by atoms with Gasteiger partial charge in [0.05, 0.1) is 0 Å². The summed E-state index contributed by atoms with van der Waals surface area (Å²) in [4.78, 5) is 0. The lowest BCUT2D eigenvalue weighted by Crippen LogP contribution is -2.62. The molecule has 0 saturated heterocycles. The van der Waals surface area contributed by atoms with E-state index in [2.05, 4.69) is 109 Å². The van der Waals surface area contributed by atoms with Gasteiger partial charge in [0, 0.05) is 57.9 Å². The van der Waals surface area contributed by atoms with E-state index >= 15 is 0 Å². The van der Waals surface area contributed by atoms with Crippen molar-refractivity contribution in [2.75, 3.05) is 42.7 Å². The molecule has 0 aromatic heterocycles. The van der Waals surface area contributed by atoms with Crippen molar-refractivity contribution in [2.24, 2.45) is 0 Å². The first kappa shape index (κ1) is 38.7. The summed E-state index contributed by atoms with van der Waals surface area (Å²) in [5, 5.41) is 5.91. The van der Waals surface area contributed by atoms with E-state index in [0.29, 0.717) is 0 Å². The largest absolute Gasteiger partial charge is 0.406 e. The minimum Gasteiger partial charge on any atom is -0.391 e. The zero-order valence-corrected chi connectivity index (χ0v) is 36.5. The van der Waals surface area contributed by atoms with Crippen molar-refractivity contribution in [3.63, 3.8) is 0 Å². The molecule has 0 fully saturated rings. The topological polar surface area (TPSA) is 55.4 Å². The van der Waals surface area contributed by atoms with Crippen molar-refractivity contribution in [2.45, 2.75) is 5.04 Å². The predicted molar refractivity (Wildman–Crippen MR) is 226 cm³/mol. The molecule has 0 N–H and O–H groups in total. The zero-order valence-electron chi connectivity index (χ0n) is 31.5. The SMILES string of the molecule is CO[Si](OC)(c1ccccc1)c1ccc(C([SiH3])(c2ccc([Si](OC)(OC)c3ccccc3)cc2)c2ccc([Si](OC)(OC)c3ccccc3)cc2)cc1. The molecule has 53 heavy (non-hydrogen) atoms. The summed E-state index contributed by atoms with van der Waals surface area (Å²) in [5.41, 5.74) is 3.56. The van der Waals surface area contributed by atoms with Crippen LogP contribution in [-0.2, 0) is 31.6 Å². The van der Waals surface area contributed by atoms with E-state index in [-0.39, 0.29) is 0 Å². The van der Waals surface area contributed by atoms with Crippen molar-refractivity contribution in [1.29, 1.82) is 0 Å². The highest BCUT2D eigenvalue weighted by molar-refractivity contribution is 6.93. The first-order valence-corrected chi connectivity index (χ1v) is 24.1. The average Bonchev–Trinajstić information content (AvgIpc) is 3.24. The monoisotopic (exact) mass is 772 g/mol. The van der Waals surface area contributed by atoms with Crippen LogP contribution in [0.5, 0.6) is 0 Å². The minimum atomic E-state index is -2.91. The number of hydrogen-bond donors (Lipinski definition) is 0. The fourth-order valence-corrected chi connectivity index (χ4v) is 16.7. The van der Waals surface area contributed by atoms with Crippen LogP contribution in [0, 0.1) is 0 Å². The van der Waals surface area contributed by atoms with E-state index in [0.717, 1.165) is 41.4 Å². The Hall–Kier alpha value is -4.05. The first-order chi connectivity index (χ1) is 25.8. The molecule has 0 aliphatic rings. The fraction of sp³-hybridized carbons (Fsp3) is 0.163. The fourth-order valence-electron chi connectivity index (χ4n) is 7.71. The van der Waals surface area contributed by atoms with Gasteiger partial charge in [-0.15, -0.1) is 0 Å². The molecule has 272 valence electrons. The Kier molecular flexibility index (Phi) is 12.1. The van der Waals surface area contributed by atoms with Gasteiger partial charge in [-0.2, -0.15) is 0 Å². The molecule has 6 rings (SSSR count). The van der Waals surface area contributed by atoms with E-state index in [4.69, 9.17) is 26.6 Å². The van der Waals surface area contributed by atoms with Crippen LogP contribution in [-0.4, -0.2) is 78.6 Å². The molecule has 0 saturated carbocycles. The highest BCUT2D eigenvalue weighted by Gasteiger charge is 2.44. The minimum absolute atomic E-state index is 0.416. The Morgan fingerprint density at radius 2 is 0.491 bits per heavy atom. The van der Waals surface area contributed by atoms with Gasteiger partial charge in [-0.1, -0.05) is 164 Å². The highest BCUT2D eigenvalue weighted by Crippen LogP contribution is 2.36. The average molecular weight is 773 g/mol. The van der Waals surface area contributed by atoms with E-state index in [1.54, 1.807) is 42.7 Å². The molecule has 0 amide bonds. The van der Waals surface area contributed by atoms with Gasteiger partial charge in [0.25, 0.3) is 0 Å². The third-order valence-electron chi connectivity index (χ3n) is 10.7. The number of benzene rings is 6. The predicted octanol–water partition coefficient (Wildman–Crippen LogP) is 2.89. The quantitative estimate of drug-likeness (QED) is 0.118. The van der Waals surface area contributed by atoms with Crippen molar-refractivity contribution in [1.82, 2.24) is 0 Å². The van der Waals surface area contributed by atoms with E-state index in [1.165, 1.54) is 16.7 Å². The van der Waals surface area contributed by atoms with Crippen LogP contribution in [0.3, 0.4) is 0 Å². The molecule has 0 heterocycles. The molecule has 0 aliphatic heterocycles. The lowest BCUT2D eigenvalue weighted by atomic mass is 9.84. The molecule has 6 aromatic carbocycles. The van der Waals surface area contributed by atoms with Crippen molar-refractivity contribution in [3.05, 3.63) is 180 Å².